The fraction of sp³-hybridized carbons (Fsp3) is 0.600. The van der Waals surface area contributed by atoms with Gasteiger partial charge in [0.1, 0.15) is 11.8 Å². The minimum absolute atomic E-state index is 0.177. The Balaban J connectivity index is 1.95. The van der Waals surface area contributed by atoms with Crippen LogP contribution >= 0.6 is 0 Å². The molecule has 20 heavy (non-hydrogen) atoms. The summed E-state index contributed by atoms with van der Waals surface area (Å²) in [7, 11) is 1.89. The lowest BCUT2D eigenvalue weighted by molar-refractivity contribution is -0.131. The van der Waals surface area contributed by atoms with E-state index in [1.54, 1.807) is 0 Å². The molecule has 2 heterocycles. The molecule has 1 aromatic heterocycles. The molecule has 5 nitrogen and oxygen atoms in total. The fourth-order valence-electron chi connectivity index (χ4n) is 2.61. The number of rotatable bonds is 4. The summed E-state index contributed by atoms with van der Waals surface area (Å²) in [5.41, 5.74) is 2.79. The molecule has 1 amide bonds. The van der Waals surface area contributed by atoms with Crippen LogP contribution in [0.2, 0.25) is 0 Å². The molecule has 0 aromatic carbocycles. The zero-order chi connectivity index (χ0) is 14.7. The molecule has 1 atom stereocenters. The molecule has 5 heteroatoms. The van der Waals surface area contributed by atoms with E-state index in [-0.39, 0.29) is 11.9 Å². The largest absolute Gasteiger partial charge is 0.341 e. The van der Waals surface area contributed by atoms with E-state index >= 15 is 0 Å². The average molecular weight is 274 g/mol. The maximum atomic E-state index is 12.2. The van der Waals surface area contributed by atoms with Gasteiger partial charge in [0.05, 0.1) is 6.04 Å². The van der Waals surface area contributed by atoms with Gasteiger partial charge in [0.2, 0.25) is 5.91 Å². The molecule has 1 aliphatic heterocycles. The second-order valence-electron chi connectivity index (χ2n) is 5.45. The molecular weight excluding hydrogens is 252 g/mol. The van der Waals surface area contributed by atoms with Gasteiger partial charge in [-0.2, -0.15) is 5.26 Å². The molecule has 1 aliphatic rings. The van der Waals surface area contributed by atoms with Crippen LogP contribution in [0.25, 0.3) is 0 Å². The third-order valence-corrected chi connectivity index (χ3v) is 4.14. The van der Waals surface area contributed by atoms with Gasteiger partial charge >= 0.3 is 0 Å². The molecule has 1 aromatic rings. The summed E-state index contributed by atoms with van der Waals surface area (Å²) >= 11 is 0. The van der Waals surface area contributed by atoms with Crippen LogP contribution in [0.4, 0.5) is 0 Å². The van der Waals surface area contributed by atoms with Crippen LogP contribution in [0.3, 0.4) is 0 Å². The van der Waals surface area contributed by atoms with Crippen molar-refractivity contribution in [3.8, 4) is 6.07 Å². The lowest BCUT2D eigenvalue weighted by atomic mass is 10.2. The minimum atomic E-state index is -0.182. The van der Waals surface area contributed by atoms with Crippen LogP contribution in [-0.2, 0) is 18.4 Å². The Morgan fingerprint density at radius 1 is 1.50 bits per heavy atom. The van der Waals surface area contributed by atoms with Crippen LogP contribution in [0.5, 0.6) is 0 Å². The van der Waals surface area contributed by atoms with E-state index in [2.05, 4.69) is 11.4 Å². The smallest absolute Gasteiger partial charge is 0.239 e. The maximum Gasteiger partial charge on any atom is 0.239 e. The van der Waals surface area contributed by atoms with Crippen LogP contribution < -0.4 is 5.32 Å². The number of hydrogen-bond donors (Lipinski definition) is 1. The fourth-order valence-corrected chi connectivity index (χ4v) is 2.61. The third kappa shape index (κ3) is 2.86. The topological polar surface area (TPSA) is 61.1 Å². The van der Waals surface area contributed by atoms with Crippen molar-refractivity contribution in [2.45, 2.75) is 39.3 Å². The summed E-state index contributed by atoms with van der Waals surface area (Å²) in [5, 5.41) is 12.3. The van der Waals surface area contributed by atoms with Gasteiger partial charge in [-0.3, -0.25) is 4.79 Å². The van der Waals surface area contributed by atoms with Gasteiger partial charge in [-0.1, -0.05) is 0 Å². The second-order valence-corrected chi connectivity index (χ2v) is 5.45. The van der Waals surface area contributed by atoms with Crippen molar-refractivity contribution in [3.63, 3.8) is 0 Å². The summed E-state index contributed by atoms with van der Waals surface area (Å²) in [4.78, 5) is 14.1. The van der Waals surface area contributed by atoms with Gasteiger partial charge in [0.25, 0.3) is 0 Å². The zero-order valence-corrected chi connectivity index (χ0v) is 12.4. The highest BCUT2D eigenvalue weighted by atomic mass is 16.2. The van der Waals surface area contributed by atoms with E-state index in [4.69, 9.17) is 5.26 Å². The molecule has 1 fully saturated rings. The van der Waals surface area contributed by atoms with Crippen LogP contribution in [-0.4, -0.2) is 34.5 Å². The normalized spacial score (nSPS) is 16.2. The molecule has 1 N–H and O–H groups in total. The van der Waals surface area contributed by atoms with Crippen LogP contribution in [0.1, 0.15) is 36.7 Å². The molecule has 0 saturated carbocycles. The second kappa shape index (κ2) is 6.10. The Bertz CT molecular complexity index is 535. The van der Waals surface area contributed by atoms with Gasteiger partial charge in [0, 0.05) is 32.4 Å². The minimum Gasteiger partial charge on any atom is -0.341 e. The molecular formula is C15H22N4O. The Morgan fingerprint density at radius 3 is 2.70 bits per heavy atom. The number of carbonyl (C=O) groups excluding carboxylic acids is 1. The molecule has 108 valence electrons. The van der Waals surface area contributed by atoms with Crippen molar-refractivity contribution < 1.29 is 4.79 Å². The summed E-state index contributed by atoms with van der Waals surface area (Å²) in [6, 6.07) is 3.87. The number of hydrogen-bond acceptors (Lipinski definition) is 3. The number of amides is 1. The van der Waals surface area contributed by atoms with E-state index in [0.29, 0.717) is 12.2 Å². The van der Waals surface area contributed by atoms with Crippen molar-refractivity contribution in [2.24, 2.45) is 7.05 Å². The van der Waals surface area contributed by atoms with Crippen molar-refractivity contribution in [1.29, 1.82) is 5.26 Å². The first-order valence-electron chi connectivity index (χ1n) is 7.12. The summed E-state index contributed by atoms with van der Waals surface area (Å²) in [6.07, 6.45) is 2.23. The number of carbonyl (C=O) groups is 1. The van der Waals surface area contributed by atoms with Crippen molar-refractivity contribution in [3.05, 3.63) is 23.0 Å². The molecule has 0 spiro atoms. The predicted molar refractivity (Wildman–Crippen MR) is 77.0 cm³/mol. The Kier molecular flexibility index (Phi) is 4.46. The van der Waals surface area contributed by atoms with Gasteiger partial charge < -0.3 is 14.8 Å². The number of nitriles is 1. The quantitative estimate of drug-likeness (QED) is 0.900. The van der Waals surface area contributed by atoms with Gasteiger partial charge in [0.15, 0.2) is 0 Å². The van der Waals surface area contributed by atoms with E-state index in [1.807, 2.05) is 36.4 Å². The van der Waals surface area contributed by atoms with Gasteiger partial charge in [-0.15, -0.1) is 0 Å². The van der Waals surface area contributed by atoms with E-state index in [9.17, 15) is 4.79 Å². The number of aromatic nitrogens is 1. The molecule has 2 rings (SSSR count). The highest BCUT2D eigenvalue weighted by molar-refractivity contribution is 5.81. The van der Waals surface area contributed by atoms with Crippen LogP contribution in [0, 0.1) is 18.3 Å². The Morgan fingerprint density at radius 2 is 2.15 bits per heavy atom. The summed E-state index contributed by atoms with van der Waals surface area (Å²) in [6.45, 7) is 6.28. The first-order valence-corrected chi connectivity index (χ1v) is 7.12. The Labute approximate surface area is 120 Å². The lowest BCUT2D eigenvalue weighted by Gasteiger charge is -2.21. The average Bonchev–Trinajstić information content (AvgIpc) is 3.06. The zero-order valence-electron chi connectivity index (χ0n) is 12.4. The van der Waals surface area contributed by atoms with Gasteiger partial charge in [-0.05, 0) is 38.3 Å². The monoisotopic (exact) mass is 274 g/mol. The van der Waals surface area contributed by atoms with Crippen molar-refractivity contribution >= 4 is 5.91 Å². The predicted octanol–water partition coefficient (Wildman–Crippen LogP) is 1.31. The first-order chi connectivity index (χ1) is 9.54. The maximum absolute atomic E-state index is 12.2. The number of likely N-dealkylation sites (tertiary alicyclic amines) is 1. The molecule has 0 radical (unpaired) electrons. The number of nitrogens with one attached hydrogen (secondary N) is 1. The van der Waals surface area contributed by atoms with Crippen LogP contribution in [0.15, 0.2) is 6.07 Å². The molecule has 0 bridgehead atoms. The highest BCUT2D eigenvalue weighted by Gasteiger charge is 2.23. The van der Waals surface area contributed by atoms with E-state index in [1.165, 1.54) is 0 Å². The number of nitrogens with zero attached hydrogens (tertiary/aromatic N) is 3. The third-order valence-electron chi connectivity index (χ3n) is 4.14. The molecule has 0 aliphatic carbocycles. The summed E-state index contributed by atoms with van der Waals surface area (Å²) in [5.74, 6) is 0.177. The Hall–Kier alpha value is -1.80. The summed E-state index contributed by atoms with van der Waals surface area (Å²) < 4.78 is 1.88. The SMILES string of the molecule is Cc1c(CNC(C)C(=O)N2CCCC2)cc(C#N)n1C. The van der Waals surface area contributed by atoms with Crippen molar-refractivity contribution in [2.75, 3.05) is 13.1 Å². The highest BCUT2D eigenvalue weighted by Crippen LogP contribution is 2.14. The van der Waals surface area contributed by atoms with E-state index < -0.39 is 0 Å². The first kappa shape index (κ1) is 14.6. The lowest BCUT2D eigenvalue weighted by Crippen LogP contribution is -2.43. The standard InChI is InChI=1S/C15H22N4O/c1-11(15(20)19-6-4-5-7-19)17-10-13-8-14(9-16)18(3)12(13)2/h8,11,17H,4-7,10H2,1-3H3. The molecule has 1 unspecified atom stereocenters. The van der Waals surface area contributed by atoms with E-state index in [0.717, 1.165) is 37.2 Å². The molecule has 1 saturated heterocycles. The van der Waals surface area contributed by atoms with Crippen molar-refractivity contribution in [1.82, 2.24) is 14.8 Å². The van der Waals surface area contributed by atoms with Gasteiger partial charge in [-0.25, -0.2) is 0 Å².